The molecule has 0 saturated heterocycles. The second-order valence-corrected chi connectivity index (χ2v) is 3.78. The van der Waals surface area contributed by atoms with Crippen LogP contribution in [0.25, 0.3) is 0 Å². The Morgan fingerprint density at radius 2 is 1.71 bits per heavy atom. The number of rotatable bonds is 1. The number of thiol groups is 1. The van der Waals surface area contributed by atoms with E-state index in [4.69, 9.17) is 4.55 Å². The zero-order valence-corrected chi connectivity index (χ0v) is 8.93. The molecule has 0 spiro atoms. The van der Waals surface area contributed by atoms with E-state index in [9.17, 15) is 12.8 Å². The third-order valence-electron chi connectivity index (χ3n) is 1.04. The zero-order chi connectivity index (χ0) is 11.2. The minimum absolute atomic E-state index is 0.220. The molecule has 0 fully saturated rings. The van der Waals surface area contributed by atoms with Gasteiger partial charge in [0.1, 0.15) is 5.82 Å². The van der Waals surface area contributed by atoms with Crippen LogP contribution in [-0.4, -0.2) is 20.1 Å². The quantitative estimate of drug-likeness (QED) is 0.577. The monoisotopic (exact) mass is 240 g/mol. The lowest BCUT2D eigenvalue weighted by molar-refractivity contribution is 0.324. The lowest BCUT2D eigenvalue weighted by Crippen LogP contribution is -1.96. The van der Waals surface area contributed by atoms with Gasteiger partial charge in [-0.05, 0) is 24.3 Å². The summed E-state index contributed by atoms with van der Waals surface area (Å²) in [6, 6.07) is 5.97. The van der Waals surface area contributed by atoms with Crippen LogP contribution >= 0.6 is 12.6 Å². The number of hydrogen-bond acceptors (Lipinski definition) is 4. The lowest BCUT2D eigenvalue weighted by atomic mass is 10.4. The molecule has 1 aromatic rings. The molecule has 0 bridgehead atoms. The Kier molecular flexibility index (Phi) is 5.70. The summed E-state index contributed by atoms with van der Waals surface area (Å²) >= 11 is 3.97. The topological polar surface area (TPSA) is 63.6 Å². The average Bonchev–Trinajstić information content (AvgIpc) is 2.10. The van der Waals surface area contributed by atoms with Gasteiger partial charge in [-0.15, -0.1) is 12.6 Å². The van der Waals surface area contributed by atoms with Gasteiger partial charge in [0.25, 0.3) is 0 Å². The first-order valence-corrected chi connectivity index (χ1v) is 5.14. The van der Waals surface area contributed by atoms with Crippen molar-refractivity contribution in [1.29, 1.82) is 0 Å². The molecule has 0 radical (unpaired) electrons. The van der Waals surface area contributed by atoms with E-state index >= 15 is 0 Å². The molecule has 7 heteroatoms. The van der Waals surface area contributed by atoms with E-state index in [1.807, 2.05) is 0 Å². The summed E-state index contributed by atoms with van der Waals surface area (Å²) in [5, 5.41) is 0. The van der Waals surface area contributed by atoms with E-state index in [0.717, 1.165) is 12.0 Å². The number of benzene rings is 1. The molecule has 1 rings (SSSR count). The molecule has 0 aliphatic carbocycles. The van der Waals surface area contributed by atoms with Crippen LogP contribution in [0.4, 0.5) is 4.39 Å². The van der Waals surface area contributed by atoms with Crippen molar-refractivity contribution in [2.45, 2.75) is 4.90 Å². The van der Waals surface area contributed by atoms with Gasteiger partial charge in [-0.25, -0.2) is 4.39 Å². The first-order chi connectivity index (χ1) is 6.35. The van der Waals surface area contributed by atoms with E-state index in [0.29, 0.717) is 0 Å². The highest BCUT2D eigenvalue weighted by Crippen LogP contribution is 2.05. The van der Waals surface area contributed by atoms with Crippen LogP contribution in [0.3, 0.4) is 0 Å². The van der Waals surface area contributed by atoms with Crippen molar-refractivity contribution >= 4 is 23.0 Å². The molecule has 0 aliphatic rings. The molecule has 0 unspecified atom stereocenters. The molecule has 14 heavy (non-hydrogen) atoms. The van der Waals surface area contributed by atoms with Crippen molar-refractivity contribution in [2.24, 2.45) is 0 Å². The molecule has 1 N–H and O–H groups in total. The predicted octanol–water partition coefficient (Wildman–Crippen LogP) is 1.55. The fourth-order valence-corrected chi connectivity index (χ4v) is 0.590. The van der Waals surface area contributed by atoms with Crippen LogP contribution in [-0.2, 0) is 14.6 Å². The summed E-state index contributed by atoms with van der Waals surface area (Å²) in [4.78, 5) is 0.784. The molecule has 0 aliphatic heterocycles. The molecule has 0 saturated carbocycles. The first-order valence-electron chi connectivity index (χ1n) is 3.32. The van der Waals surface area contributed by atoms with Crippen molar-refractivity contribution in [1.82, 2.24) is 0 Å². The summed E-state index contributed by atoms with van der Waals surface area (Å²) in [6.45, 7) is 0. The molecule has 1 aromatic carbocycles. The number of hydrogen-bond donors (Lipinski definition) is 2. The SMILES string of the molecule is COS(=O)(=O)O.Fc1ccc(S)cc1. The minimum Gasteiger partial charge on any atom is -0.264 e. The maximum absolute atomic E-state index is 12.1. The van der Waals surface area contributed by atoms with Gasteiger partial charge in [-0.2, -0.15) is 8.42 Å². The predicted molar refractivity (Wildman–Crippen MR) is 52.2 cm³/mol. The molecule has 0 aromatic heterocycles. The smallest absolute Gasteiger partial charge is 0.264 e. The van der Waals surface area contributed by atoms with Crippen LogP contribution < -0.4 is 0 Å². The van der Waals surface area contributed by atoms with Crippen LogP contribution in [0.5, 0.6) is 0 Å². The van der Waals surface area contributed by atoms with E-state index < -0.39 is 10.4 Å². The Morgan fingerprint density at radius 1 is 1.36 bits per heavy atom. The van der Waals surface area contributed by atoms with Gasteiger partial charge in [0, 0.05) is 4.90 Å². The Bertz CT molecular complexity index is 339. The highest BCUT2D eigenvalue weighted by Gasteiger charge is 1.94. The third kappa shape index (κ3) is 7.99. The van der Waals surface area contributed by atoms with Gasteiger partial charge in [0.15, 0.2) is 0 Å². The zero-order valence-electron chi connectivity index (χ0n) is 7.21. The fourth-order valence-electron chi connectivity index (χ4n) is 0.441. The van der Waals surface area contributed by atoms with Gasteiger partial charge in [-0.3, -0.25) is 8.74 Å². The van der Waals surface area contributed by atoms with Crippen LogP contribution in [0.1, 0.15) is 0 Å². The highest BCUT2D eigenvalue weighted by molar-refractivity contribution is 7.80. The van der Waals surface area contributed by atoms with Gasteiger partial charge in [0.05, 0.1) is 7.11 Å². The first kappa shape index (κ1) is 13.4. The van der Waals surface area contributed by atoms with Crippen LogP contribution in [0, 0.1) is 5.82 Å². The summed E-state index contributed by atoms with van der Waals surface area (Å²) in [7, 11) is -3.29. The summed E-state index contributed by atoms with van der Waals surface area (Å²) in [5.74, 6) is -0.220. The van der Waals surface area contributed by atoms with E-state index in [1.54, 1.807) is 12.1 Å². The van der Waals surface area contributed by atoms with Gasteiger partial charge < -0.3 is 0 Å². The van der Waals surface area contributed by atoms with Crippen molar-refractivity contribution in [2.75, 3.05) is 7.11 Å². The molecule has 0 atom stereocenters. The van der Waals surface area contributed by atoms with Crippen molar-refractivity contribution in [3.63, 3.8) is 0 Å². The van der Waals surface area contributed by atoms with E-state index in [2.05, 4.69) is 16.8 Å². The van der Waals surface area contributed by atoms with Crippen molar-refractivity contribution < 1.29 is 21.5 Å². The Labute approximate surface area is 87.1 Å². The van der Waals surface area contributed by atoms with E-state index in [-0.39, 0.29) is 5.82 Å². The van der Waals surface area contributed by atoms with Crippen LogP contribution in [0.2, 0.25) is 0 Å². The number of halogens is 1. The second-order valence-electron chi connectivity index (χ2n) is 2.07. The minimum atomic E-state index is -4.16. The average molecular weight is 240 g/mol. The summed E-state index contributed by atoms with van der Waals surface area (Å²) in [5.41, 5.74) is 0. The molecular formula is C7H9FO4S2. The Balaban J connectivity index is 0.000000255. The maximum atomic E-state index is 12.1. The van der Waals surface area contributed by atoms with Gasteiger partial charge >= 0.3 is 10.4 Å². The van der Waals surface area contributed by atoms with Crippen molar-refractivity contribution in [3.8, 4) is 0 Å². The fraction of sp³-hybridized carbons (Fsp3) is 0.143. The normalized spacial score (nSPS) is 10.3. The van der Waals surface area contributed by atoms with Crippen molar-refractivity contribution in [3.05, 3.63) is 30.1 Å². The van der Waals surface area contributed by atoms with Crippen LogP contribution in [0.15, 0.2) is 29.2 Å². The largest absolute Gasteiger partial charge is 0.397 e. The van der Waals surface area contributed by atoms with Gasteiger partial charge in [0.2, 0.25) is 0 Å². The molecule has 80 valence electrons. The highest BCUT2D eigenvalue weighted by atomic mass is 32.3. The molecule has 0 amide bonds. The maximum Gasteiger partial charge on any atom is 0.397 e. The molecule has 4 nitrogen and oxygen atoms in total. The standard InChI is InChI=1S/C6H5FS.CH4O4S/c7-5-1-3-6(8)4-2-5;1-5-6(2,3)4/h1-4,8H;1H3,(H,2,3,4). The van der Waals surface area contributed by atoms with E-state index in [1.165, 1.54) is 12.1 Å². The van der Waals surface area contributed by atoms with Gasteiger partial charge in [-0.1, -0.05) is 0 Å². The Hall–Kier alpha value is -0.630. The summed E-state index contributed by atoms with van der Waals surface area (Å²) < 4.78 is 41.8. The molecular weight excluding hydrogens is 231 g/mol. The lowest BCUT2D eigenvalue weighted by Gasteiger charge is -1.86. The second kappa shape index (κ2) is 5.97. The Morgan fingerprint density at radius 3 is 1.93 bits per heavy atom. The summed E-state index contributed by atoms with van der Waals surface area (Å²) in [6.07, 6.45) is 0. The molecule has 0 heterocycles. The third-order valence-corrected chi connectivity index (χ3v) is 1.76.